The second-order valence-electron chi connectivity index (χ2n) is 7.39. The van der Waals surface area contributed by atoms with Gasteiger partial charge < -0.3 is 5.32 Å². The van der Waals surface area contributed by atoms with Crippen LogP contribution in [0.2, 0.25) is 0 Å². The van der Waals surface area contributed by atoms with Crippen LogP contribution in [0.5, 0.6) is 0 Å². The van der Waals surface area contributed by atoms with Crippen molar-refractivity contribution < 1.29 is 13.2 Å². The lowest BCUT2D eigenvalue weighted by atomic mass is 10.1. The number of carbonyl (C=O) groups is 1. The summed E-state index contributed by atoms with van der Waals surface area (Å²) in [6.45, 7) is 9.63. The molecule has 0 saturated heterocycles. The summed E-state index contributed by atoms with van der Waals surface area (Å²) >= 11 is 0. The Hall–Kier alpha value is -2.34. The fourth-order valence-corrected chi connectivity index (χ4v) is 4.37. The second kappa shape index (κ2) is 8.78. The fraction of sp³-hybridized carbons (Fsp3) is 0.409. The highest BCUT2D eigenvalue weighted by Gasteiger charge is 2.32. The van der Waals surface area contributed by atoms with E-state index in [0.717, 1.165) is 28.5 Å². The molecule has 2 rings (SSSR count). The van der Waals surface area contributed by atoms with Gasteiger partial charge in [0, 0.05) is 0 Å². The fourth-order valence-electron chi connectivity index (χ4n) is 3.17. The quantitative estimate of drug-likeness (QED) is 0.760. The van der Waals surface area contributed by atoms with E-state index in [1.807, 2.05) is 71.0 Å². The zero-order valence-electron chi connectivity index (χ0n) is 17.5. The maximum absolute atomic E-state index is 13.0. The van der Waals surface area contributed by atoms with Gasteiger partial charge in [-0.2, -0.15) is 0 Å². The Labute approximate surface area is 168 Å². The number of nitrogens with one attached hydrogen (secondary N) is 1. The van der Waals surface area contributed by atoms with Crippen molar-refractivity contribution in [2.45, 2.75) is 53.1 Å². The summed E-state index contributed by atoms with van der Waals surface area (Å²) in [5, 5.41) is 2.97. The van der Waals surface area contributed by atoms with E-state index in [1.54, 1.807) is 6.07 Å². The monoisotopic (exact) mass is 402 g/mol. The number of amides is 1. The summed E-state index contributed by atoms with van der Waals surface area (Å²) in [5.41, 5.74) is 4.69. The van der Waals surface area contributed by atoms with Crippen LogP contribution in [0.1, 0.15) is 48.6 Å². The van der Waals surface area contributed by atoms with Gasteiger partial charge in [0.15, 0.2) is 0 Å². The average molecular weight is 403 g/mol. The van der Waals surface area contributed by atoms with E-state index in [-0.39, 0.29) is 11.9 Å². The first-order valence-corrected chi connectivity index (χ1v) is 11.3. The Morgan fingerprint density at radius 1 is 1.04 bits per heavy atom. The van der Waals surface area contributed by atoms with Gasteiger partial charge in [-0.15, -0.1) is 0 Å². The second-order valence-corrected chi connectivity index (χ2v) is 9.25. The molecule has 1 N–H and O–H groups in total. The molecule has 0 aliphatic carbocycles. The number of benzene rings is 2. The highest BCUT2D eigenvalue weighted by molar-refractivity contribution is 7.92. The number of anilines is 1. The van der Waals surface area contributed by atoms with E-state index < -0.39 is 16.1 Å². The first kappa shape index (κ1) is 22.0. The molecule has 2 aromatic carbocycles. The van der Waals surface area contributed by atoms with Gasteiger partial charge in [-0.05, 0) is 62.9 Å². The van der Waals surface area contributed by atoms with Gasteiger partial charge in [-0.1, -0.05) is 42.8 Å². The molecule has 0 bridgehead atoms. The van der Waals surface area contributed by atoms with Gasteiger partial charge in [0.2, 0.25) is 15.9 Å². The molecule has 0 radical (unpaired) electrons. The van der Waals surface area contributed by atoms with Crippen molar-refractivity contribution in [1.82, 2.24) is 5.32 Å². The Kier molecular flexibility index (Phi) is 6.88. The largest absolute Gasteiger partial charge is 0.348 e. The summed E-state index contributed by atoms with van der Waals surface area (Å²) in [5.74, 6) is -0.306. The Morgan fingerprint density at radius 2 is 1.64 bits per heavy atom. The van der Waals surface area contributed by atoms with Crippen molar-refractivity contribution >= 4 is 21.6 Å². The predicted molar refractivity (Wildman–Crippen MR) is 115 cm³/mol. The first-order chi connectivity index (χ1) is 13.0. The SMILES string of the molecule is CC[C@H](C(=O)N[C@@H](C)c1ccc(C)cc1)N(c1ccc(C)c(C)c1)S(C)(=O)=O. The van der Waals surface area contributed by atoms with E-state index in [4.69, 9.17) is 0 Å². The molecule has 5 nitrogen and oxygen atoms in total. The zero-order chi connectivity index (χ0) is 21.1. The van der Waals surface area contributed by atoms with Crippen LogP contribution in [0.3, 0.4) is 0 Å². The predicted octanol–water partition coefficient (Wildman–Crippen LogP) is 4.03. The minimum absolute atomic E-state index is 0.219. The third-order valence-electron chi connectivity index (χ3n) is 5.01. The molecule has 0 spiro atoms. The lowest BCUT2D eigenvalue weighted by molar-refractivity contribution is -0.122. The minimum atomic E-state index is -3.64. The summed E-state index contributed by atoms with van der Waals surface area (Å²) < 4.78 is 26.4. The van der Waals surface area contributed by atoms with E-state index in [0.29, 0.717) is 12.1 Å². The lowest BCUT2D eigenvalue weighted by Gasteiger charge is -2.31. The van der Waals surface area contributed by atoms with Crippen LogP contribution in [0.15, 0.2) is 42.5 Å². The number of carbonyl (C=O) groups excluding carboxylic acids is 1. The van der Waals surface area contributed by atoms with Crippen LogP contribution in [-0.4, -0.2) is 26.6 Å². The molecule has 0 fully saturated rings. The van der Waals surface area contributed by atoms with E-state index in [2.05, 4.69) is 5.32 Å². The van der Waals surface area contributed by atoms with Gasteiger partial charge in [0.1, 0.15) is 6.04 Å². The normalized spacial score (nSPS) is 13.6. The molecule has 1 amide bonds. The van der Waals surface area contributed by atoms with Crippen LogP contribution in [0.25, 0.3) is 0 Å². The molecule has 0 saturated carbocycles. The lowest BCUT2D eigenvalue weighted by Crippen LogP contribution is -2.49. The Balaban J connectivity index is 2.33. The van der Waals surface area contributed by atoms with E-state index in [9.17, 15) is 13.2 Å². The summed E-state index contributed by atoms with van der Waals surface area (Å²) in [4.78, 5) is 13.0. The smallest absolute Gasteiger partial charge is 0.244 e. The number of rotatable bonds is 7. The van der Waals surface area contributed by atoms with Crippen molar-refractivity contribution in [3.8, 4) is 0 Å². The number of hydrogen-bond donors (Lipinski definition) is 1. The van der Waals surface area contributed by atoms with Gasteiger partial charge >= 0.3 is 0 Å². The summed E-state index contributed by atoms with van der Waals surface area (Å²) in [6, 6.07) is 12.3. The van der Waals surface area contributed by atoms with E-state index >= 15 is 0 Å². The third kappa shape index (κ3) is 5.13. The average Bonchev–Trinajstić information content (AvgIpc) is 2.61. The zero-order valence-corrected chi connectivity index (χ0v) is 18.3. The Morgan fingerprint density at radius 3 is 2.14 bits per heavy atom. The minimum Gasteiger partial charge on any atom is -0.348 e. The summed E-state index contributed by atoms with van der Waals surface area (Å²) in [6.07, 6.45) is 1.51. The molecule has 0 aromatic heterocycles. The molecule has 0 heterocycles. The maximum atomic E-state index is 13.0. The molecule has 2 aromatic rings. The van der Waals surface area contributed by atoms with Gasteiger partial charge in [0.05, 0.1) is 18.0 Å². The van der Waals surface area contributed by atoms with Crippen LogP contribution in [0.4, 0.5) is 5.69 Å². The van der Waals surface area contributed by atoms with Crippen molar-refractivity contribution in [3.63, 3.8) is 0 Å². The molecule has 0 unspecified atom stereocenters. The van der Waals surface area contributed by atoms with Gasteiger partial charge in [-0.3, -0.25) is 9.10 Å². The van der Waals surface area contributed by atoms with Gasteiger partial charge in [-0.25, -0.2) is 8.42 Å². The molecule has 152 valence electrons. The van der Waals surface area contributed by atoms with Crippen molar-refractivity contribution in [1.29, 1.82) is 0 Å². The summed E-state index contributed by atoms with van der Waals surface area (Å²) in [7, 11) is -3.64. The molecular formula is C22H30N2O3S. The van der Waals surface area contributed by atoms with Crippen molar-refractivity contribution in [3.05, 3.63) is 64.7 Å². The number of aryl methyl sites for hydroxylation is 3. The molecule has 0 aliphatic heterocycles. The van der Waals surface area contributed by atoms with E-state index in [1.165, 1.54) is 4.31 Å². The number of sulfonamides is 1. The standard InChI is InChI=1S/C22H30N2O3S/c1-7-21(22(25)23-18(5)19-11-8-15(2)9-12-19)24(28(6,26)27)20-13-10-16(3)17(4)14-20/h8-14,18,21H,7H2,1-6H3,(H,23,25)/t18-,21+/m0/s1. The molecule has 2 atom stereocenters. The van der Waals surface area contributed by atoms with Crippen LogP contribution in [-0.2, 0) is 14.8 Å². The van der Waals surface area contributed by atoms with Gasteiger partial charge in [0.25, 0.3) is 0 Å². The topological polar surface area (TPSA) is 66.5 Å². The number of hydrogen-bond acceptors (Lipinski definition) is 3. The van der Waals surface area contributed by atoms with Crippen molar-refractivity contribution in [2.24, 2.45) is 0 Å². The third-order valence-corrected chi connectivity index (χ3v) is 6.19. The first-order valence-electron chi connectivity index (χ1n) is 9.48. The number of nitrogens with zero attached hydrogens (tertiary/aromatic N) is 1. The van der Waals surface area contributed by atoms with Crippen molar-refractivity contribution in [2.75, 3.05) is 10.6 Å². The maximum Gasteiger partial charge on any atom is 0.244 e. The Bertz CT molecular complexity index is 937. The molecule has 0 aliphatic rings. The van der Waals surface area contributed by atoms with Crippen LogP contribution >= 0.6 is 0 Å². The van der Waals surface area contributed by atoms with Crippen LogP contribution < -0.4 is 9.62 Å². The molecule has 28 heavy (non-hydrogen) atoms. The molecular weight excluding hydrogens is 372 g/mol. The van der Waals surface area contributed by atoms with Crippen LogP contribution in [0, 0.1) is 20.8 Å². The molecule has 6 heteroatoms. The highest BCUT2D eigenvalue weighted by atomic mass is 32.2. The highest BCUT2D eigenvalue weighted by Crippen LogP contribution is 2.25.